The maximum absolute atomic E-state index is 13.4. The van der Waals surface area contributed by atoms with Crippen LogP contribution in [0.2, 0.25) is 10.0 Å². The molecule has 5 aromatic rings. The number of halogens is 3. The summed E-state index contributed by atoms with van der Waals surface area (Å²) in [4.78, 5) is 18.1. The average Bonchev–Trinajstić information content (AvgIpc) is 3.26. The van der Waals surface area contributed by atoms with E-state index in [9.17, 15) is 4.79 Å². The minimum atomic E-state index is -0.341. The van der Waals surface area contributed by atoms with Crippen LogP contribution in [-0.2, 0) is 0 Å². The van der Waals surface area contributed by atoms with Crippen molar-refractivity contribution >= 4 is 67.2 Å². The van der Waals surface area contributed by atoms with Gasteiger partial charge in [0, 0.05) is 9.86 Å². The fraction of sp³-hybridized carbons (Fsp3) is 0.0385. The van der Waals surface area contributed by atoms with Crippen LogP contribution in [-0.4, -0.2) is 22.5 Å². The van der Waals surface area contributed by atoms with Crippen molar-refractivity contribution in [2.75, 3.05) is 6.61 Å². The molecule has 2 heterocycles. The van der Waals surface area contributed by atoms with Gasteiger partial charge in [-0.25, -0.2) is 4.98 Å². The zero-order chi connectivity index (χ0) is 24.5. The number of aromatic nitrogens is 2. The van der Waals surface area contributed by atoms with Gasteiger partial charge < -0.3 is 9.15 Å². The highest BCUT2D eigenvalue weighted by Crippen LogP contribution is 2.34. The van der Waals surface area contributed by atoms with E-state index in [4.69, 9.17) is 32.4 Å². The van der Waals surface area contributed by atoms with Crippen LogP contribution in [0.5, 0.6) is 5.75 Å². The van der Waals surface area contributed by atoms with E-state index in [1.54, 1.807) is 36.4 Å². The molecule has 6 nitrogen and oxygen atoms in total. The molecule has 0 aliphatic carbocycles. The molecule has 174 valence electrons. The zero-order valence-corrected chi connectivity index (χ0v) is 21.1. The van der Waals surface area contributed by atoms with Crippen LogP contribution in [0.3, 0.4) is 0 Å². The van der Waals surface area contributed by atoms with E-state index in [0.717, 1.165) is 9.86 Å². The molecule has 35 heavy (non-hydrogen) atoms. The lowest BCUT2D eigenvalue weighted by atomic mass is 10.2. The molecule has 0 aliphatic rings. The van der Waals surface area contributed by atoms with Crippen LogP contribution in [0.4, 0.5) is 0 Å². The first-order chi connectivity index (χ1) is 16.9. The lowest BCUT2D eigenvalue weighted by Crippen LogP contribution is -2.20. The quantitative estimate of drug-likeness (QED) is 0.159. The minimum absolute atomic E-state index is 0.264. The summed E-state index contributed by atoms with van der Waals surface area (Å²) >= 11 is 16.1. The van der Waals surface area contributed by atoms with Crippen molar-refractivity contribution in [3.05, 3.63) is 104 Å². The predicted molar refractivity (Wildman–Crippen MR) is 144 cm³/mol. The second-order valence-electron chi connectivity index (χ2n) is 7.52. The summed E-state index contributed by atoms with van der Waals surface area (Å²) in [7, 11) is 0. The maximum Gasteiger partial charge on any atom is 0.282 e. The lowest BCUT2D eigenvalue weighted by molar-refractivity contribution is 0.363. The summed E-state index contributed by atoms with van der Waals surface area (Å²) in [5.41, 5.74) is 1.43. The Balaban J connectivity index is 1.65. The summed E-state index contributed by atoms with van der Waals surface area (Å²) in [6.45, 7) is 3.88. The van der Waals surface area contributed by atoms with E-state index in [1.165, 1.54) is 10.9 Å². The smallest absolute Gasteiger partial charge is 0.282 e. The molecule has 2 aromatic heterocycles. The fourth-order valence-corrected chi connectivity index (χ4v) is 4.57. The second-order valence-corrected chi connectivity index (χ2v) is 9.25. The third-order valence-corrected chi connectivity index (χ3v) is 6.20. The zero-order valence-electron chi connectivity index (χ0n) is 18.0. The first-order valence-electron chi connectivity index (χ1n) is 10.4. The van der Waals surface area contributed by atoms with E-state index in [2.05, 4.69) is 32.6 Å². The van der Waals surface area contributed by atoms with Gasteiger partial charge in [-0.2, -0.15) is 9.78 Å². The van der Waals surface area contributed by atoms with Crippen molar-refractivity contribution in [2.24, 2.45) is 5.10 Å². The van der Waals surface area contributed by atoms with Crippen molar-refractivity contribution in [1.29, 1.82) is 0 Å². The van der Waals surface area contributed by atoms with E-state index in [0.29, 0.717) is 43.6 Å². The molecule has 0 bridgehead atoms. The molecule has 0 radical (unpaired) electrons. The predicted octanol–water partition coefficient (Wildman–Crippen LogP) is 7.33. The Morgan fingerprint density at radius 1 is 1.11 bits per heavy atom. The molecule has 0 spiro atoms. The number of fused-ring (bicyclic) bond motifs is 2. The molecule has 0 saturated heterocycles. The van der Waals surface area contributed by atoms with Gasteiger partial charge >= 0.3 is 0 Å². The van der Waals surface area contributed by atoms with E-state index >= 15 is 0 Å². The van der Waals surface area contributed by atoms with Crippen molar-refractivity contribution in [3.8, 4) is 17.3 Å². The molecule has 0 amide bonds. The van der Waals surface area contributed by atoms with Crippen molar-refractivity contribution in [1.82, 2.24) is 9.66 Å². The standard InChI is InChI=1S/C26H16BrCl2N3O3/c1-2-9-34-24-19(28)10-15(11-20(24)29)14-30-32-25(31-21-6-4-3-5-18(21)26(32)33)23-13-16-12-17(27)7-8-22(16)35-23/h2-8,10-14H,1,9H2. The third kappa shape index (κ3) is 4.62. The van der Waals surface area contributed by atoms with Crippen LogP contribution < -0.4 is 10.3 Å². The summed E-state index contributed by atoms with van der Waals surface area (Å²) < 4.78 is 13.6. The van der Waals surface area contributed by atoms with E-state index in [1.807, 2.05) is 30.3 Å². The largest absolute Gasteiger partial charge is 0.486 e. The van der Waals surface area contributed by atoms with Gasteiger partial charge in [0.25, 0.3) is 5.56 Å². The minimum Gasteiger partial charge on any atom is -0.486 e. The van der Waals surface area contributed by atoms with Gasteiger partial charge in [-0.1, -0.05) is 63.9 Å². The highest BCUT2D eigenvalue weighted by molar-refractivity contribution is 9.10. The Labute approximate surface area is 218 Å². The summed E-state index contributed by atoms with van der Waals surface area (Å²) in [6, 6.07) is 17.8. The number of hydrogen-bond acceptors (Lipinski definition) is 5. The molecule has 5 rings (SSSR count). The van der Waals surface area contributed by atoms with Crippen LogP contribution in [0.25, 0.3) is 33.5 Å². The average molecular weight is 569 g/mol. The molecule has 0 aliphatic heterocycles. The van der Waals surface area contributed by atoms with Gasteiger partial charge in [0.1, 0.15) is 12.2 Å². The van der Waals surface area contributed by atoms with Gasteiger partial charge in [0.05, 0.1) is 27.2 Å². The normalized spacial score (nSPS) is 11.5. The fourth-order valence-electron chi connectivity index (χ4n) is 3.57. The molecule has 9 heteroatoms. The van der Waals surface area contributed by atoms with Crippen LogP contribution >= 0.6 is 39.1 Å². The summed E-state index contributed by atoms with van der Waals surface area (Å²) in [6.07, 6.45) is 3.08. The van der Waals surface area contributed by atoms with Gasteiger partial charge in [0.15, 0.2) is 11.5 Å². The molecular weight excluding hydrogens is 553 g/mol. The maximum atomic E-state index is 13.4. The SMILES string of the molecule is C=CCOc1c(Cl)cc(C=Nn2c(-c3cc4cc(Br)ccc4o3)nc3ccccc3c2=O)cc1Cl. The Morgan fingerprint density at radius 3 is 2.66 bits per heavy atom. The molecule has 0 atom stereocenters. The Kier molecular flexibility index (Phi) is 6.47. The molecule has 0 saturated carbocycles. The number of furan rings is 1. The second kappa shape index (κ2) is 9.70. The van der Waals surface area contributed by atoms with Crippen molar-refractivity contribution in [3.63, 3.8) is 0 Å². The van der Waals surface area contributed by atoms with Crippen molar-refractivity contribution in [2.45, 2.75) is 0 Å². The highest BCUT2D eigenvalue weighted by Gasteiger charge is 2.17. The van der Waals surface area contributed by atoms with Crippen LogP contribution in [0, 0.1) is 0 Å². The first-order valence-corrected chi connectivity index (χ1v) is 12.0. The number of rotatable bonds is 6. The summed E-state index contributed by atoms with van der Waals surface area (Å²) in [5, 5.41) is 6.35. The van der Waals surface area contributed by atoms with Crippen molar-refractivity contribution < 1.29 is 9.15 Å². The van der Waals surface area contributed by atoms with Gasteiger partial charge in [-0.15, -0.1) is 0 Å². The number of nitrogens with zero attached hydrogens (tertiary/aromatic N) is 3. The van der Waals surface area contributed by atoms with E-state index < -0.39 is 0 Å². The van der Waals surface area contributed by atoms with Gasteiger partial charge in [-0.3, -0.25) is 4.79 Å². The third-order valence-electron chi connectivity index (χ3n) is 5.14. The first kappa shape index (κ1) is 23.4. The van der Waals surface area contributed by atoms with Gasteiger partial charge in [-0.05, 0) is 54.1 Å². The monoisotopic (exact) mass is 567 g/mol. The Morgan fingerprint density at radius 2 is 1.89 bits per heavy atom. The molecule has 0 fully saturated rings. The molecule has 3 aromatic carbocycles. The van der Waals surface area contributed by atoms with Crippen LogP contribution in [0.1, 0.15) is 5.56 Å². The molecule has 0 N–H and O–H groups in total. The van der Waals surface area contributed by atoms with Crippen LogP contribution in [0.15, 0.2) is 92.1 Å². The lowest BCUT2D eigenvalue weighted by Gasteiger charge is -2.09. The number of ether oxygens (including phenoxy) is 1. The molecule has 0 unspecified atom stereocenters. The summed E-state index contributed by atoms with van der Waals surface area (Å²) in [5.74, 6) is 1.02. The number of hydrogen-bond donors (Lipinski definition) is 0. The van der Waals surface area contributed by atoms with E-state index in [-0.39, 0.29) is 18.0 Å². The van der Waals surface area contributed by atoms with Gasteiger partial charge in [0.2, 0.25) is 5.82 Å². The number of benzene rings is 3. The number of para-hydroxylation sites is 1. The topological polar surface area (TPSA) is 69.6 Å². The highest BCUT2D eigenvalue weighted by atomic mass is 79.9. The Bertz CT molecular complexity index is 1670. The molecular formula is C26H16BrCl2N3O3. The Hall–Kier alpha value is -3.39.